The average Bonchev–Trinajstić information content (AvgIpc) is 2.58. The Balaban J connectivity index is 1.99. The number of nitrogens with one attached hydrogen (secondary N) is 1. The minimum absolute atomic E-state index is 0.644. The first-order valence-corrected chi connectivity index (χ1v) is 4.62. The van der Waals surface area contributed by atoms with E-state index in [1.807, 2.05) is 13.2 Å². The second-order valence-corrected chi connectivity index (χ2v) is 2.93. The lowest BCUT2D eigenvalue weighted by Crippen LogP contribution is -2.11. The van der Waals surface area contributed by atoms with Gasteiger partial charge in [0.05, 0.1) is 31.7 Å². The maximum absolute atomic E-state index is 5.29. The van der Waals surface area contributed by atoms with Crippen molar-refractivity contribution < 1.29 is 9.47 Å². The van der Waals surface area contributed by atoms with Crippen LogP contribution in [-0.4, -0.2) is 43.3 Å². The Labute approximate surface area is 84.0 Å². The molecule has 1 aromatic rings. The van der Waals surface area contributed by atoms with Crippen molar-refractivity contribution in [2.45, 2.75) is 0 Å². The van der Waals surface area contributed by atoms with Gasteiger partial charge in [0.2, 0.25) is 0 Å². The molecule has 0 aliphatic carbocycles. The number of rotatable bonds is 7. The van der Waals surface area contributed by atoms with Crippen LogP contribution in [0.4, 0.5) is 5.69 Å². The summed E-state index contributed by atoms with van der Waals surface area (Å²) in [5.74, 6) is 0. The summed E-state index contributed by atoms with van der Waals surface area (Å²) < 4.78 is 11.9. The summed E-state index contributed by atoms with van der Waals surface area (Å²) in [7, 11) is 3.55. The van der Waals surface area contributed by atoms with Crippen LogP contribution in [0.5, 0.6) is 0 Å². The second kappa shape index (κ2) is 6.39. The summed E-state index contributed by atoms with van der Waals surface area (Å²) in [6.45, 7) is 2.76. The minimum Gasteiger partial charge on any atom is -0.382 e. The van der Waals surface area contributed by atoms with Crippen molar-refractivity contribution in [3.8, 4) is 0 Å². The molecule has 5 nitrogen and oxygen atoms in total. The number of aromatic nitrogens is 2. The molecule has 0 unspecified atom stereocenters. The third kappa shape index (κ3) is 4.25. The lowest BCUT2D eigenvalue weighted by atomic mass is 10.5. The van der Waals surface area contributed by atoms with Gasteiger partial charge in [-0.1, -0.05) is 0 Å². The maximum atomic E-state index is 5.29. The normalized spacial score (nSPS) is 10.4. The van der Waals surface area contributed by atoms with Crippen LogP contribution < -0.4 is 5.32 Å². The number of anilines is 1. The third-order valence-corrected chi connectivity index (χ3v) is 1.71. The van der Waals surface area contributed by atoms with Crippen molar-refractivity contribution in [1.29, 1.82) is 0 Å². The molecule has 14 heavy (non-hydrogen) atoms. The predicted octanol–water partition coefficient (Wildman–Crippen LogP) is 0.495. The quantitative estimate of drug-likeness (QED) is 0.649. The highest BCUT2D eigenvalue weighted by molar-refractivity contribution is 5.37. The fourth-order valence-corrected chi connectivity index (χ4v) is 1.02. The van der Waals surface area contributed by atoms with Crippen molar-refractivity contribution >= 4 is 5.69 Å². The van der Waals surface area contributed by atoms with E-state index in [-0.39, 0.29) is 0 Å². The molecule has 80 valence electrons. The molecular weight excluding hydrogens is 182 g/mol. The molecule has 1 heterocycles. The van der Waals surface area contributed by atoms with Crippen LogP contribution in [0.25, 0.3) is 0 Å². The van der Waals surface area contributed by atoms with Gasteiger partial charge in [-0.05, 0) is 0 Å². The van der Waals surface area contributed by atoms with Crippen LogP contribution >= 0.6 is 0 Å². The van der Waals surface area contributed by atoms with Gasteiger partial charge in [-0.2, -0.15) is 5.10 Å². The Hall–Kier alpha value is -1.07. The average molecular weight is 199 g/mol. The van der Waals surface area contributed by atoms with Gasteiger partial charge < -0.3 is 14.8 Å². The Morgan fingerprint density at radius 2 is 2.29 bits per heavy atom. The van der Waals surface area contributed by atoms with Crippen molar-refractivity contribution in [2.75, 3.05) is 38.8 Å². The lowest BCUT2D eigenvalue weighted by Gasteiger charge is -2.04. The standard InChI is InChI=1S/C9H17N3O2/c1-12-8-9(7-11-12)10-3-4-14-6-5-13-2/h7-8,10H,3-6H2,1-2H3. The van der Waals surface area contributed by atoms with E-state index in [1.54, 1.807) is 18.0 Å². The van der Waals surface area contributed by atoms with Crippen LogP contribution in [-0.2, 0) is 16.5 Å². The molecule has 0 aromatic carbocycles. The zero-order valence-electron chi connectivity index (χ0n) is 8.69. The Morgan fingerprint density at radius 3 is 2.93 bits per heavy atom. The van der Waals surface area contributed by atoms with Crippen LogP contribution in [0.2, 0.25) is 0 Å². The van der Waals surface area contributed by atoms with Crippen molar-refractivity contribution in [2.24, 2.45) is 7.05 Å². The smallest absolute Gasteiger partial charge is 0.0727 e. The van der Waals surface area contributed by atoms with Gasteiger partial charge >= 0.3 is 0 Å². The first-order chi connectivity index (χ1) is 6.83. The molecule has 0 fully saturated rings. The monoisotopic (exact) mass is 199 g/mol. The molecule has 1 aromatic heterocycles. The number of methoxy groups -OCH3 is 1. The molecule has 0 saturated heterocycles. The molecule has 0 spiro atoms. The molecule has 0 radical (unpaired) electrons. The summed E-state index contributed by atoms with van der Waals surface area (Å²) >= 11 is 0. The molecule has 0 atom stereocenters. The van der Waals surface area contributed by atoms with E-state index in [0.29, 0.717) is 19.8 Å². The summed E-state index contributed by atoms with van der Waals surface area (Å²) in [5, 5.41) is 7.23. The summed E-state index contributed by atoms with van der Waals surface area (Å²) in [4.78, 5) is 0. The van der Waals surface area contributed by atoms with Gasteiger partial charge in [0.1, 0.15) is 0 Å². The minimum atomic E-state index is 0.644. The SMILES string of the molecule is COCCOCCNc1cnn(C)c1. The molecule has 0 aliphatic rings. The fourth-order valence-electron chi connectivity index (χ4n) is 1.02. The van der Waals surface area contributed by atoms with Gasteiger partial charge in [0, 0.05) is 26.9 Å². The summed E-state index contributed by atoms with van der Waals surface area (Å²) in [6.07, 6.45) is 3.71. The highest BCUT2D eigenvalue weighted by Crippen LogP contribution is 2.01. The Bertz CT molecular complexity index is 250. The predicted molar refractivity (Wildman–Crippen MR) is 54.4 cm³/mol. The zero-order valence-corrected chi connectivity index (χ0v) is 8.69. The molecule has 0 aliphatic heterocycles. The Morgan fingerprint density at radius 1 is 1.43 bits per heavy atom. The third-order valence-electron chi connectivity index (χ3n) is 1.71. The highest BCUT2D eigenvalue weighted by Gasteiger charge is 1.93. The maximum Gasteiger partial charge on any atom is 0.0727 e. The van der Waals surface area contributed by atoms with Crippen LogP contribution in [0.3, 0.4) is 0 Å². The lowest BCUT2D eigenvalue weighted by molar-refractivity contribution is 0.0759. The van der Waals surface area contributed by atoms with Crippen molar-refractivity contribution in [3.05, 3.63) is 12.4 Å². The van der Waals surface area contributed by atoms with Gasteiger partial charge in [-0.25, -0.2) is 0 Å². The number of ether oxygens (including phenoxy) is 2. The summed E-state index contributed by atoms with van der Waals surface area (Å²) in [5.41, 5.74) is 1.02. The number of hydrogen-bond acceptors (Lipinski definition) is 4. The molecule has 0 amide bonds. The molecule has 5 heteroatoms. The number of aryl methyl sites for hydroxylation is 1. The van der Waals surface area contributed by atoms with E-state index in [9.17, 15) is 0 Å². The first kappa shape index (κ1) is 11.0. The number of hydrogen-bond donors (Lipinski definition) is 1. The largest absolute Gasteiger partial charge is 0.382 e. The molecule has 0 bridgehead atoms. The number of nitrogens with zero attached hydrogens (tertiary/aromatic N) is 2. The van der Waals surface area contributed by atoms with E-state index < -0.39 is 0 Å². The molecular formula is C9H17N3O2. The van der Waals surface area contributed by atoms with E-state index in [4.69, 9.17) is 9.47 Å². The van der Waals surface area contributed by atoms with Gasteiger partial charge in [0.25, 0.3) is 0 Å². The van der Waals surface area contributed by atoms with E-state index >= 15 is 0 Å². The zero-order chi connectivity index (χ0) is 10.2. The van der Waals surface area contributed by atoms with Gasteiger partial charge in [-0.3, -0.25) is 4.68 Å². The highest BCUT2D eigenvalue weighted by atomic mass is 16.5. The van der Waals surface area contributed by atoms with E-state index in [0.717, 1.165) is 12.2 Å². The fraction of sp³-hybridized carbons (Fsp3) is 0.667. The van der Waals surface area contributed by atoms with Crippen LogP contribution in [0.15, 0.2) is 12.4 Å². The topological polar surface area (TPSA) is 48.3 Å². The summed E-state index contributed by atoms with van der Waals surface area (Å²) in [6, 6.07) is 0. The van der Waals surface area contributed by atoms with Gasteiger partial charge in [-0.15, -0.1) is 0 Å². The van der Waals surface area contributed by atoms with E-state index in [1.165, 1.54) is 0 Å². The first-order valence-electron chi connectivity index (χ1n) is 4.62. The van der Waals surface area contributed by atoms with Gasteiger partial charge in [0.15, 0.2) is 0 Å². The molecule has 0 saturated carbocycles. The molecule has 1 rings (SSSR count). The van der Waals surface area contributed by atoms with E-state index in [2.05, 4.69) is 10.4 Å². The Kier molecular flexibility index (Phi) is 5.03. The van der Waals surface area contributed by atoms with Crippen molar-refractivity contribution in [3.63, 3.8) is 0 Å². The van der Waals surface area contributed by atoms with Crippen molar-refractivity contribution in [1.82, 2.24) is 9.78 Å². The van der Waals surface area contributed by atoms with Crippen LogP contribution in [0, 0.1) is 0 Å². The van der Waals surface area contributed by atoms with Crippen LogP contribution in [0.1, 0.15) is 0 Å². The second-order valence-electron chi connectivity index (χ2n) is 2.93. The molecule has 1 N–H and O–H groups in total.